The van der Waals surface area contributed by atoms with E-state index in [1.54, 1.807) is 24.3 Å². The molecule has 0 aliphatic carbocycles. The van der Waals surface area contributed by atoms with Gasteiger partial charge in [-0.15, -0.1) is 0 Å². The SMILES string of the molecule is O=C1[C@@H]2C(Cc3ccccc3)=NO[C@@H]2C(=O)N1c1ccccc1. The molecular formula is C18H14N2O3. The van der Waals surface area contributed by atoms with Gasteiger partial charge < -0.3 is 4.84 Å². The number of carbonyl (C=O) groups excluding carboxylic acids is 2. The van der Waals surface area contributed by atoms with E-state index >= 15 is 0 Å². The van der Waals surface area contributed by atoms with Gasteiger partial charge in [0.15, 0.2) is 0 Å². The van der Waals surface area contributed by atoms with Gasteiger partial charge in [-0.1, -0.05) is 53.7 Å². The number of anilines is 1. The van der Waals surface area contributed by atoms with Crippen LogP contribution >= 0.6 is 0 Å². The molecule has 2 amide bonds. The molecule has 2 aliphatic heterocycles. The molecule has 0 spiro atoms. The number of hydrogen-bond donors (Lipinski definition) is 0. The Morgan fingerprint density at radius 2 is 1.57 bits per heavy atom. The lowest BCUT2D eigenvalue weighted by Crippen LogP contribution is -2.33. The third-order valence-corrected chi connectivity index (χ3v) is 4.14. The van der Waals surface area contributed by atoms with Gasteiger partial charge in [-0.3, -0.25) is 9.59 Å². The minimum atomic E-state index is -0.832. The number of oxime groups is 1. The van der Waals surface area contributed by atoms with E-state index < -0.39 is 12.0 Å². The summed E-state index contributed by atoms with van der Waals surface area (Å²) >= 11 is 0. The van der Waals surface area contributed by atoms with E-state index in [0.29, 0.717) is 17.8 Å². The Labute approximate surface area is 133 Å². The maximum absolute atomic E-state index is 12.7. The van der Waals surface area contributed by atoms with Crippen LogP contribution in [0.2, 0.25) is 0 Å². The van der Waals surface area contributed by atoms with Crippen LogP contribution in [0.15, 0.2) is 65.8 Å². The van der Waals surface area contributed by atoms with Crippen LogP contribution in [0.1, 0.15) is 5.56 Å². The van der Waals surface area contributed by atoms with E-state index in [1.165, 1.54) is 4.90 Å². The molecule has 2 atom stereocenters. The molecule has 5 nitrogen and oxygen atoms in total. The molecule has 2 aromatic carbocycles. The van der Waals surface area contributed by atoms with Crippen molar-refractivity contribution >= 4 is 23.2 Å². The van der Waals surface area contributed by atoms with Crippen molar-refractivity contribution in [2.24, 2.45) is 11.1 Å². The molecule has 0 radical (unpaired) electrons. The van der Waals surface area contributed by atoms with Crippen LogP contribution < -0.4 is 4.90 Å². The number of carbonyl (C=O) groups is 2. The predicted octanol–water partition coefficient (Wildman–Crippen LogP) is 2.17. The summed E-state index contributed by atoms with van der Waals surface area (Å²) in [6.07, 6.45) is -0.328. The predicted molar refractivity (Wildman–Crippen MR) is 84.9 cm³/mol. The van der Waals surface area contributed by atoms with Crippen molar-refractivity contribution in [3.63, 3.8) is 0 Å². The molecule has 4 rings (SSSR count). The number of hydrogen-bond acceptors (Lipinski definition) is 4. The average Bonchev–Trinajstić information content (AvgIpc) is 3.10. The second-order valence-corrected chi connectivity index (χ2v) is 5.60. The second kappa shape index (κ2) is 5.35. The lowest BCUT2D eigenvalue weighted by molar-refractivity contribution is -0.126. The Morgan fingerprint density at radius 3 is 2.26 bits per heavy atom. The summed E-state index contributed by atoms with van der Waals surface area (Å²) in [4.78, 5) is 31.7. The van der Waals surface area contributed by atoms with Crippen molar-refractivity contribution in [3.8, 4) is 0 Å². The summed E-state index contributed by atoms with van der Waals surface area (Å²) in [5.41, 5.74) is 2.21. The first-order valence-electron chi connectivity index (χ1n) is 7.45. The molecule has 2 heterocycles. The van der Waals surface area contributed by atoms with Gasteiger partial charge in [0.1, 0.15) is 5.92 Å². The third kappa shape index (κ3) is 2.21. The normalized spacial score (nSPS) is 22.8. The number of nitrogens with zero attached hydrogens (tertiary/aromatic N) is 2. The second-order valence-electron chi connectivity index (χ2n) is 5.60. The molecule has 0 aromatic heterocycles. The van der Waals surface area contributed by atoms with Gasteiger partial charge in [0.25, 0.3) is 5.91 Å². The minimum Gasteiger partial charge on any atom is -0.381 e. The molecule has 1 fully saturated rings. The van der Waals surface area contributed by atoms with Gasteiger partial charge in [0.2, 0.25) is 12.0 Å². The van der Waals surface area contributed by atoms with Crippen molar-refractivity contribution in [3.05, 3.63) is 66.2 Å². The van der Waals surface area contributed by atoms with E-state index in [1.807, 2.05) is 36.4 Å². The number of fused-ring (bicyclic) bond motifs is 1. The number of rotatable bonds is 3. The van der Waals surface area contributed by atoms with E-state index in [0.717, 1.165) is 5.56 Å². The highest BCUT2D eigenvalue weighted by molar-refractivity contribution is 6.30. The summed E-state index contributed by atoms with van der Waals surface area (Å²) in [5.74, 6) is -1.24. The summed E-state index contributed by atoms with van der Waals surface area (Å²) < 4.78 is 0. The Bertz CT molecular complexity index is 786. The summed E-state index contributed by atoms with van der Waals surface area (Å²) in [7, 11) is 0. The quantitative estimate of drug-likeness (QED) is 0.817. The summed E-state index contributed by atoms with van der Waals surface area (Å²) in [6, 6.07) is 18.6. The Hall–Kier alpha value is -2.95. The van der Waals surface area contributed by atoms with Crippen molar-refractivity contribution in [2.75, 3.05) is 4.90 Å². The number of para-hydroxylation sites is 1. The van der Waals surface area contributed by atoms with E-state index in [9.17, 15) is 9.59 Å². The van der Waals surface area contributed by atoms with Crippen molar-refractivity contribution in [2.45, 2.75) is 12.5 Å². The standard InChI is InChI=1S/C18H14N2O3/c21-17-15-14(11-12-7-3-1-4-8-12)19-23-16(15)18(22)20(17)13-9-5-2-6-10-13/h1-10,15-16H,11H2/t15-,16+/m1/s1. The van der Waals surface area contributed by atoms with Crippen LogP contribution in [0.4, 0.5) is 5.69 Å². The minimum absolute atomic E-state index is 0.265. The van der Waals surface area contributed by atoms with E-state index in [-0.39, 0.29) is 11.8 Å². The highest BCUT2D eigenvalue weighted by Crippen LogP contribution is 2.33. The van der Waals surface area contributed by atoms with Crippen LogP contribution in [0, 0.1) is 5.92 Å². The number of amides is 2. The van der Waals surface area contributed by atoms with Crippen molar-refractivity contribution in [1.82, 2.24) is 0 Å². The molecule has 2 aliphatic rings. The molecule has 23 heavy (non-hydrogen) atoms. The molecule has 0 N–H and O–H groups in total. The van der Waals surface area contributed by atoms with Crippen LogP contribution in [0.5, 0.6) is 0 Å². The lowest BCUT2D eigenvalue weighted by Gasteiger charge is -2.15. The average molecular weight is 306 g/mol. The van der Waals surface area contributed by atoms with E-state index in [2.05, 4.69) is 5.16 Å². The van der Waals surface area contributed by atoms with E-state index in [4.69, 9.17) is 4.84 Å². The molecular weight excluding hydrogens is 292 g/mol. The fourth-order valence-corrected chi connectivity index (χ4v) is 3.03. The molecule has 0 unspecified atom stereocenters. The Morgan fingerprint density at radius 1 is 0.913 bits per heavy atom. The van der Waals surface area contributed by atoms with Gasteiger partial charge in [0.05, 0.1) is 11.4 Å². The largest absolute Gasteiger partial charge is 0.381 e. The zero-order valence-electron chi connectivity index (χ0n) is 12.3. The van der Waals surface area contributed by atoms with Gasteiger partial charge in [-0.25, -0.2) is 4.90 Å². The Balaban J connectivity index is 1.62. The maximum Gasteiger partial charge on any atom is 0.278 e. The van der Waals surface area contributed by atoms with Crippen LogP contribution in [0.3, 0.4) is 0 Å². The maximum atomic E-state index is 12.7. The van der Waals surface area contributed by atoms with Crippen molar-refractivity contribution < 1.29 is 14.4 Å². The van der Waals surface area contributed by atoms with Crippen LogP contribution in [-0.4, -0.2) is 23.6 Å². The first kappa shape index (κ1) is 13.7. The smallest absolute Gasteiger partial charge is 0.278 e. The van der Waals surface area contributed by atoms with Gasteiger partial charge in [-0.2, -0.15) is 0 Å². The monoisotopic (exact) mass is 306 g/mol. The zero-order chi connectivity index (χ0) is 15.8. The third-order valence-electron chi connectivity index (χ3n) is 4.14. The lowest BCUT2D eigenvalue weighted by atomic mass is 9.94. The topological polar surface area (TPSA) is 59.0 Å². The zero-order valence-corrected chi connectivity index (χ0v) is 12.3. The first-order chi connectivity index (χ1) is 11.3. The molecule has 0 saturated carbocycles. The fourth-order valence-electron chi connectivity index (χ4n) is 3.03. The van der Waals surface area contributed by atoms with Gasteiger partial charge >= 0.3 is 0 Å². The first-order valence-corrected chi connectivity index (χ1v) is 7.45. The fraction of sp³-hybridized carbons (Fsp3) is 0.167. The highest BCUT2D eigenvalue weighted by atomic mass is 16.6. The van der Waals surface area contributed by atoms with Crippen LogP contribution in [-0.2, 0) is 20.8 Å². The summed E-state index contributed by atoms with van der Waals surface area (Å²) in [5, 5.41) is 3.99. The van der Waals surface area contributed by atoms with Gasteiger partial charge in [0, 0.05) is 6.42 Å². The van der Waals surface area contributed by atoms with Gasteiger partial charge in [-0.05, 0) is 17.7 Å². The van der Waals surface area contributed by atoms with Crippen LogP contribution in [0.25, 0.3) is 0 Å². The molecule has 2 aromatic rings. The Kier molecular flexibility index (Phi) is 3.19. The molecule has 5 heteroatoms. The molecule has 0 bridgehead atoms. The molecule has 114 valence electrons. The number of benzene rings is 2. The highest BCUT2D eigenvalue weighted by Gasteiger charge is 2.55. The molecule has 1 saturated heterocycles. The number of imide groups is 1. The summed E-state index contributed by atoms with van der Waals surface area (Å²) in [6.45, 7) is 0. The van der Waals surface area contributed by atoms with Crippen molar-refractivity contribution in [1.29, 1.82) is 0 Å².